The van der Waals surface area contributed by atoms with Crippen LogP contribution in [0.1, 0.15) is 79.1 Å². The molecule has 0 rings (SSSR count). The maximum Gasteiger partial charge on any atom is 0.333 e. The van der Waals surface area contributed by atoms with Gasteiger partial charge in [0.25, 0.3) is 0 Å². The minimum absolute atomic E-state index is 0.121. The van der Waals surface area contributed by atoms with Gasteiger partial charge in [-0.25, -0.2) is 4.79 Å². The van der Waals surface area contributed by atoms with E-state index >= 15 is 0 Å². The number of esters is 1. The molecule has 0 unspecified atom stereocenters. The molecule has 0 heterocycles. The average molecular weight is 328 g/mol. The fourth-order valence-electron chi connectivity index (χ4n) is 2.52. The molecule has 136 valence electrons. The van der Waals surface area contributed by atoms with Crippen LogP contribution in [0.2, 0.25) is 0 Å². The Morgan fingerprint density at radius 3 is 1.91 bits per heavy atom. The van der Waals surface area contributed by atoms with E-state index in [1.807, 2.05) is 13.8 Å². The molecule has 0 spiro atoms. The van der Waals surface area contributed by atoms with Crippen molar-refractivity contribution in [2.75, 3.05) is 19.8 Å². The first-order chi connectivity index (χ1) is 11.0. The van der Waals surface area contributed by atoms with E-state index in [0.29, 0.717) is 18.8 Å². The Morgan fingerprint density at radius 2 is 1.43 bits per heavy atom. The highest BCUT2D eigenvalue weighted by Crippen LogP contribution is 2.23. The van der Waals surface area contributed by atoms with Crippen molar-refractivity contribution in [1.82, 2.24) is 0 Å². The minimum atomic E-state index is -0.821. The first kappa shape index (κ1) is 22.1. The third kappa shape index (κ3) is 10.5. The highest BCUT2D eigenvalue weighted by atomic mass is 16.7. The summed E-state index contributed by atoms with van der Waals surface area (Å²) >= 11 is 0. The SMILES string of the molecule is C=C(C)C(=O)OCC(CCCCCCCCC)(OCC)OCC. The minimum Gasteiger partial charge on any atom is -0.457 e. The zero-order chi connectivity index (χ0) is 17.6. The molecular formula is C19H36O4. The van der Waals surface area contributed by atoms with Crippen molar-refractivity contribution in [2.24, 2.45) is 0 Å². The van der Waals surface area contributed by atoms with Crippen LogP contribution in [0.25, 0.3) is 0 Å². The Bertz CT molecular complexity index is 319. The smallest absolute Gasteiger partial charge is 0.333 e. The van der Waals surface area contributed by atoms with Gasteiger partial charge in [0.05, 0.1) is 0 Å². The summed E-state index contributed by atoms with van der Waals surface area (Å²) in [6, 6.07) is 0. The van der Waals surface area contributed by atoms with Gasteiger partial charge in [-0.15, -0.1) is 0 Å². The van der Waals surface area contributed by atoms with E-state index in [1.54, 1.807) is 6.92 Å². The van der Waals surface area contributed by atoms with Crippen LogP contribution in [-0.2, 0) is 19.0 Å². The summed E-state index contributed by atoms with van der Waals surface area (Å²) in [5.74, 6) is -1.22. The van der Waals surface area contributed by atoms with Crippen molar-refractivity contribution in [3.8, 4) is 0 Å². The largest absolute Gasteiger partial charge is 0.457 e. The second-order valence-corrected chi connectivity index (χ2v) is 6.00. The van der Waals surface area contributed by atoms with E-state index in [4.69, 9.17) is 14.2 Å². The maximum atomic E-state index is 11.6. The summed E-state index contributed by atoms with van der Waals surface area (Å²) in [6.07, 6.45) is 9.33. The molecule has 0 aromatic heterocycles. The number of rotatable bonds is 15. The molecule has 0 amide bonds. The van der Waals surface area contributed by atoms with E-state index in [1.165, 1.54) is 32.1 Å². The summed E-state index contributed by atoms with van der Waals surface area (Å²) in [7, 11) is 0. The summed E-state index contributed by atoms with van der Waals surface area (Å²) < 4.78 is 16.9. The van der Waals surface area contributed by atoms with Crippen molar-refractivity contribution in [3.05, 3.63) is 12.2 Å². The topological polar surface area (TPSA) is 44.8 Å². The lowest BCUT2D eigenvalue weighted by Crippen LogP contribution is -2.42. The molecule has 0 aliphatic rings. The van der Waals surface area contributed by atoms with Crippen molar-refractivity contribution in [2.45, 2.75) is 84.8 Å². The fourth-order valence-corrected chi connectivity index (χ4v) is 2.52. The summed E-state index contributed by atoms with van der Waals surface area (Å²) in [5, 5.41) is 0. The Kier molecular flexibility index (Phi) is 13.0. The van der Waals surface area contributed by atoms with E-state index < -0.39 is 11.8 Å². The molecule has 0 radical (unpaired) electrons. The second kappa shape index (κ2) is 13.6. The molecule has 4 nitrogen and oxygen atoms in total. The number of ether oxygens (including phenoxy) is 3. The zero-order valence-electron chi connectivity index (χ0n) is 15.6. The maximum absolute atomic E-state index is 11.6. The van der Waals surface area contributed by atoms with E-state index in [9.17, 15) is 4.79 Å². The summed E-state index contributed by atoms with van der Waals surface area (Å²) in [4.78, 5) is 11.6. The Morgan fingerprint density at radius 1 is 0.913 bits per heavy atom. The molecule has 0 fully saturated rings. The van der Waals surface area contributed by atoms with Gasteiger partial charge in [-0.2, -0.15) is 0 Å². The van der Waals surface area contributed by atoms with Crippen LogP contribution in [0, 0.1) is 0 Å². The van der Waals surface area contributed by atoms with Crippen molar-refractivity contribution >= 4 is 5.97 Å². The van der Waals surface area contributed by atoms with Gasteiger partial charge in [-0.1, -0.05) is 52.0 Å². The van der Waals surface area contributed by atoms with Gasteiger partial charge >= 0.3 is 5.97 Å². The summed E-state index contributed by atoms with van der Waals surface area (Å²) in [5.41, 5.74) is 0.392. The van der Waals surface area contributed by atoms with Crippen LogP contribution in [0.3, 0.4) is 0 Å². The quantitative estimate of drug-likeness (QED) is 0.183. The molecule has 0 bridgehead atoms. The fraction of sp³-hybridized carbons (Fsp3) is 0.842. The van der Waals surface area contributed by atoms with Gasteiger partial charge in [0.2, 0.25) is 5.79 Å². The average Bonchev–Trinajstić information content (AvgIpc) is 2.52. The van der Waals surface area contributed by atoms with Gasteiger partial charge < -0.3 is 14.2 Å². The molecule has 0 aromatic rings. The molecule has 0 aromatic carbocycles. The zero-order valence-corrected chi connectivity index (χ0v) is 15.6. The first-order valence-corrected chi connectivity index (χ1v) is 9.11. The lowest BCUT2D eigenvalue weighted by molar-refractivity contribution is -0.258. The van der Waals surface area contributed by atoms with Gasteiger partial charge in [0.15, 0.2) is 0 Å². The normalized spacial score (nSPS) is 11.5. The van der Waals surface area contributed by atoms with E-state index in [2.05, 4.69) is 13.5 Å². The van der Waals surface area contributed by atoms with E-state index in [0.717, 1.165) is 19.3 Å². The van der Waals surface area contributed by atoms with Gasteiger partial charge in [0, 0.05) is 25.2 Å². The van der Waals surface area contributed by atoms with Crippen LogP contribution in [0.4, 0.5) is 0 Å². The van der Waals surface area contributed by atoms with Crippen LogP contribution >= 0.6 is 0 Å². The van der Waals surface area contributed by atoms with Crippen LogP contribution < -0.4 is 0 Å². The van der Waals surface area contributed by atoms with Crippen molar-refractivity contribution < 1.29 is 19.0 Å². The van der Waals surface area contributed by atoms with Crippen molar-refractivity contribution in [3.63, 3.8) is 0 Å². The predicted octanol–water partition coefficient (Wildman–Crippen LogP) is 5.02. The predicted molar refractivity (Wildman–Crippen MR) is 94.4 cm³/mol. The van der Waals surface area contributed by atoms with Gasteiger partial charge in [-0.05, 0) is 27.2 Å². The number of carbonyl (C=O) groups is 1. The lowest BCUT2D eigenvalue weighted by atomic mass is 10.0. The van der Waals surface area contributed by atoms with Crippen molar-refractivity contribution in [1.29, 1.82) is 0 Å². The molecule has 4 heteroatoms. The monoisotopic (exact) mass is 328 g/mol. The molecular weight excluding hydrogens is 292 g/mol. The number of unbranched alkanes of at least 4 members (excludes halogenated alkanes) is 6. The summed E-state index contributed by atoms with van der Waals surface area (Å²) in [6.45, 7) is 12.5. The second-order valence-electron chi connectivity index (χ2n) is 6.00. The first-order valence-electron chi connectivity index (χ1n) is 9.11. The molecule has 0 N–H and O–H groups in total. The molecule has 0 aliphatic carbocycles. The molecule has 23 heavy (non-hydrogen) atoms. The Hall–Kier alpha value is -0.870. The molecule has 0 saturated heterocycles. The van der Waals surface area contributed by atoms with Crippen LogP contribution in [0.15, 0.2) is 12.2 Å². The third-order valence-electron chi connectivity index (χ3n) is 3.75. The van der Waals surface area contributed by atoms with Gasteiger partial charge in [-0.3, -0.25) is 0 Å². The molecule has 0 aliphatic heterocycles. The lowest BCUT2D eigenvalue weighted by Gasteiger charge is -2.32. The van der Waals surface area contributed by atoms with Crippen LogP contribution in [-0.4, -0.2) is 31.6 Å². The third-order valence-corrected chi connectivity index (χ3v) is 3.75. The highest BCUT2D eigenvalue weighted by molar-refractivity contribution is 5.86. The Labute approximate surface area is 142 Å². The highest BCUT2D eigenvalue weighted by Gasteiger charge is 2.33. The Balaban J connectivity index is 4.35. The van der Waals surface area contributed by atoms with Gasteiger partial charge in [0.1, 0.15) is 6.61 Å². The number of carbonyl (C=O) groups excluding carboxylic acids is 1. The molecule has 0 saturated carbocycles. The standard InChI is InChI=1S/C19H36O4/c1-6-9-10-11-12-13-14-15-19(22-7-2,23-8-3)16-21-18(20)17(4)5/h4,6-16H2,1-3,5H3. The van der Waals surface area contributed by atoms with Crippen LogP contribution in [0.5, 0.6) is 0 Å². The number of hydrogen-bond donors (Lipinski definition) is 0. The molecule has 0 atom stereocenters. The van der Waals surface area contributed by atoms with E-state index in [-0.39, 0.29) is 6.61 Å². The number of hydrogen-bond acceptors (Lipinski definition) is 4.